The number of benzene rings is 1. The highest BCUT2D eigenvalue weighted by Crippen LogP contribution is 2.28. The molecule has 0 unspecified atom stereocenters. The molecule has 0 saturated carbocycles. The first-order valence-corrected chi connectivity index (χ1v) is 6.92. The number of nitrogens with zero attached hydrogens (tertiary/aromatic N) is 2. The normalized spacial score (nSPS) is 19.9. The SMILES string of the molecule is CN(C[C@@H]1CCNC1)c1nc2ccccc2s1. The average molecular weight is 247 g/mol. The van der Waals surface area contributed by atoms with Gasteiger partial charge in [0, 0.05) is 13.6 Å². The lowest BCUT2D eigenvalue weighted by Crippen LogP contribution is -2.26. The van der Waals surface area contributed by atoms with Crippen LogP contribution < -0.4 is 10.2 Å². The summed E-state index contributed by atoms with van der Waals surface area (Å²) in [6.07, 6.45) is 1.29. The van der Waals surface area contributed by atoms with Gasteiger partial charge in [0.1, 0.15) is 0 Å². The number of anilines is 1. The number of aromatic nitrogens is 1. The standard InChI is InChI=1S/C13H17N3S/c1-16(9-10-6-7-14-8-10)13-15-11-4-2-3-5-12(11)17-13/h2-5,10,14H,6-9H2,1H3/t10-/m1/s1. The molecule has 90 valence electrons. The third-order valence-corrected chi connectivity index (χ3v) is 4.45. The van der Waals surface area contributed by atoms with Crippen LogP contribution in [-0.2, 0) is 0 Å². The van der Waals surface area contributed by atoms with Crippen molar-refractivity contribution in [3.8, 4) is 0 Å². The molecule has 1 N–H and O–H groups in total. The zero-order valence-corrected chi connectivity index (χ0v) is 10.8. The van der Waals surface area contributed by atoms with Gasteiger partial charge >= 0.3 is 0 Å². The van der Waals surface area contributed by atoms with Gasteiger partial charge < -0.3 is 10.2 Å². The summed E-state index contributed by atoms with van der Waals surface area (Å²) in [5.41, 5.74) is 1.11. The molecule has 3 nitrogen and oxygen atoms in total. The maximum Gasteiger partial charge on any atom is 0.186 e. The Balaban J connectivity index is 1.77. The van der Waals surface area contributed by atoms with Gasteiger partial charge in [-0.1, -0.05) is 23.5 Å². The summed E-state index contributed by atoms with van der Waals surface area (Å²) >= 11 is 1.78. The van der Waals surface area contributed by atoms with Crippen LogP contribution in [0.2, 0.25) is 0 Å². The van der Waals surface area contributed by atoms with Gasteiger partial charge in [0.25, 0.3) is 0 Å². The molecule has 0 bridgehead atoms. The van der Waals surface area contributed by atoms with Crippen molar-refractivity contribution in [1.82, 2.24) is 10.3 Å². The molecule has 3 rings (SSSR count). The Kier molecular flexibility index (Phi) is 2.99. The monoisotopic (exact) mass is 247 g/mol. The molecule has 0 radical (unpaired) electrons. The van der Waals surface area contributed by atoms with E-state index in [9.17, 15) is 0 Å². The lowest BCUT2D eigenvalue weighted by molar-refractivity contribution is 0.578. The molecule has 1 aliphatic rings. The number of para-hydroxylation sites is 1. The molecule has 1 aromatic carbocycles. The lowest BCUT2D eigenvalue weighted by Gasteiger charge is -2.19. The minimum absolute atomic E-state index is 0.770. The Labute approximate surface area is 105 Å². The van der Waals surface area contributed by atoms with Gasteiger partial charge in [-0.2, -0.15) is 0 Å². The molecule has 1 aliphatic heterocycles. The van der Waals surface area contributed by atoms with Crippen LogP contribution in [0, 0.1) is 5.92 Å². The minimum Gasteiger partial charge on any atom is -0.351 e. The van der Waals surface area contributed by atoms with Crippen LogP contribution in [0.25, 0.3) is 10.2 Å². The van der Waals surface area contributed by atoms with E-state index in [-0.39, 0.29) is 0 Å². The Hall–Kier alpha value is -1.13. The zero-order valence-electron chi connectivity index (χ0n) is 10.0. The van der Waals surface area contributed by atoms with Crippen LogP contribution >= 0.6 is 11.3 Å². The van der Waals surface area contributed by atoms with Crippen molar-refractivity contribution < 1.29 is 0 Å². The lowest BCUT2D eigenvalue weighted by atomic mass is 10.1. The summed E-state index contributed by atoms with van der Waals surface area (Å²) in [4.78, 5) is 6.97. The largest absolute Gasteiger partial charge is 0.351 e. The summed E-state index contributed by atoms with van der Waals surface area (Å²) in [5, 5.41) is 4.55. The minimum atomic E-state index is 0.770. The smallest absolute Gasteiger partial charge is 0.186 e. The molecule has 1 aromatic heterocycles. The number of thiazole rings is 1. The molecular weight excluding hydrogens is 230 g/mol. The quantitative estimate of drug-likeness (QED) is 0.902. The van der Waals surface area contributed by atoms with E-state index in [0.717, 1.165) is 29.7 Å². The van der Waals surface area contributed by atoms with Crippen molar-refractivity contribution in [2.24, 2.45) is 5.92 Å². The number of nitrogens with one attached hydrogen (secondary N) is 1. The first kappa shape index (κ1) is 11.0. The molecule has 0 aliphatic carbocycles. The fourth-order valence-electron chi connectivity index (χ4n) is 2.36. The van der Waals surface area contributed by atoms with E-state index in [1.807, 2.05) is 6.07 Å². The van der Waals surface area contributed by atoms with E-state index in [2.05, 4.69) is 40.4 Å². The molecule has 1 fully saturated rings. The van der Waals surface area contributed by atoms with E-state index in [4.69, 9.17) is 0 Å². The van der Waals surface area contributed by atoms with Crippen molar-refractivity contribution >= 4 is 26.7 Å². The zero-order chi connectivity index (χ0) is 11.7. The first-order valence-electron chi connectivity index (χ1n) is 6.10. The predicted octanol–water partition coefficient (Wildman–Crippen LogP) is 2.34. The highest BCUT2D eigenvalue weighted by Gasteiger charge is 2.18. The Bertz CT molecular complexity index is 469. The molecule has 4 heteroatoms. The van der Waals surface area contributed by atoms with Crippen LogP contribution in [0.5, 0.6) is 0 Å². The summed E-state index contributed by atoms with van der Waals surface area (Å²) in [6.45, 7) is 3.42. The van der Waals surface area contributed by atoms with Gasteiger partial charge in [-0.05, 0) is 37.6 Å². The third kappa shape index (κ3) is 2.28. The van der Waals surface area contributed by atoms with E-state index >= 15 is 0 Å². The van der Waals surface area contributed by atoms with Crippen molar-refractivity contribution in [1.29, 1.82) is 0 Å². The average Bonchev–Trinajstić information content (AvgIpc) is 2.96. The molecule has 0 spiro atoms. The van der Waals surface area contributed by atoms with Crippen LogP contribution in [0.4, 0.5) is 5.13 Å². The fourth-order valence-corrected chi connectivity index (χ4v) is 3.29. The summed E-state index contributed by atoms with van der Waals surface area (Å²) in [5.74, 6) is 0.770. The molecule has 1 atom stereocenters. The van der Waals surface area contributed by atoms with Crippen LogP contribution in [0.3, 0.4) is 0 Å². The maximum atomic E-state index is 4.68. The molecule has 2 aromatic rings. The second-order valence-electron chi connectivity index (χ2n) is 4.70. The van der Waals surface area contributed by atoms with Gasteiger partial charge in [0.05, 0.1) is 10.2 Å². The van der Waals surface area contributed by atoms with Crippen molar-refractivity contribution in [3.63, 3.8) is 0 Å². The molecular formula is C13H17N3S. The molecule has 1 saturated heterocycles. The topological polar surface area (TPSA) is 28.2 Å². The van der Waals surface area contributed by atoms with E-state index in [1.54, 1.807) is 11.3 Å². The third-order valence-electron chi connectivity index (χ3n) is 3.30. The highest BCUT2D eigenvalue weighted by molar-refractivity contribution is 7.22. The van der Waals surface area contributed by atoms with Gasteiger partial charge in [-0.15, -0.1) is 0 Å². The fraction of sp³-hybridized carbons (Fsp3) is 0.462. The number of hydrogen-bond donors (Lipinski definition) is 1. The van der Waals surface area contributed by atoms with Gasteiger partial charge in [-0.3, -0.25) is 0 Å². The van der Waals surface area contributed by atoms with E-state index in [1.165, 1.54) is 17.7 Å². The van der Waals surface area contributed by atoms with Gasteiger partial charge in [0.15, 0.2) is 5.13 Å². The molecule has 2 heterocycles. The van der Waals surface area contributed by atoms with Crippen molar-refractivity contribution in [2.75, 3.05) is 31.6 Å². The Morgan fingerprint density at radius 1 is 1.47 bits per heavy atom. The maximum absolute atomic E-state index is 4.68. The highest BCUT2D eigenvalue weighted by atomic mass is 32.1. The number of rotatable bonds is 3. The first-order chi connectivity index (χ1) is 8.33. The Morgan fingerprint density at radius 3 is 3.12 bits per heavy atom. The van der Waals surface area contributed by atoms with Crippen LogP contribution in [0.15, 0.2) is 24.3 Å². The van der Waals surface area contributed by atoms with Crippen LogP contribution in [0.1, 0.15) is 6.42 Å². The van der Waals surface area contributed by atoms with Crippen molar-refractivity contribution in [3.05, 3.63) is 24.3 Å². The predicted molar refractivity (Wildman–Crippen MR) is 73.9 cm³/mol. The summed E-state index contributed by atoms with van der Waals surface area (Å²) in [7, 11) is 2.15. The van der Waals surface area contributed by atoms with E-state index < -0.39 is 0 Å². The number of hydrogen-bond acceptors (Lipinski definition) is 4. The number of fused-ring (bicyclic) bond motifs is 1. The molecule has 0 amide bonds. The van der Waals surface area contributed by atoms with Crippen molar-refractivity contribution in [2.45, 2.75) is 6.42 Å². The summed E-state index contributed by atoms with van der Waals surface area (Å²) in [6, 6.07) is 8.35. The second kappa shape index (κ2) is 4.63. The van der Waals surface area contributed by atoms with Gasteiger partial charge in [-0.25, -0.2) is 4.98 Å². The van der Waals surface area contributed by atoms with Crippen LogP contribution in [-0.4, -0.2) is 31.7 Å². The second-order valence-corrected chi connectivity index (χ2v) is 5.71. The van der Waals surface area contributed by atoms with Gasteiger partial charge in [0.2, 0.25) is 0 Å². The van der Waals surface area contributed by atoms with E-state index in [0.29, 0.717) is 0 Å². The Morgan fingerprint density at radius 2 is 2.35 bits per heavy atom. The summed E-state index contributed by atoms with van der Waals surface area (Å²) < 4.78 is 1.28. The molecule has 17 heavy (non-hydrogen) atoms.